The van der Waals surface area contributed by atoms with Gasteiger partial charge in [-0.05, 0) is 32.0 Å². The number of hydrogen-bond donors (Lipinski definition) is 1. The van der Waals surface area contributed by atoms with Crippen LogP contribution in [0, 0.1) is 0 Å². The highest BCUT2D eigenvalue weighted by atomic mass is 16.5. The van der Waals surface area contributed by atoms with Crippen molar-refractivity contribution in [3.63, 3.8) is 0 Å². The number of aromatic amines is 1. The third kappa shape index (κ3) is 2.29. The minimum atomic E-state index is -0.485. The third-order valence-electron chi connectivity index (χ3n) is 2.81. The van der Waals surface area contributed by atoms with Gasteiger partial charge in [-0.15, -0.1) is 0 Å². The number of H-pyrrole nitrogens is 1. The van der Waals surface area contributed by atoms with Gasteiger partial charge in [0.15, 0.2) is 0 Å². The maximum atomic E-state index is 12.0. The highest BCUT2D eigenvalue weighted by molar-refractivity contribution is 5.93. The molecule has 0 amide bonds. The Morgan fingerprint density at radius 2 is 2.05 bits per heavy atom. The van der Waals surface area contributed by atoms with Gasteiger partial charge < -0.3 is 9.72 Å². The van der Waals surface area contributed by atoms with Gasteiger partial charge in [0.2, 0.25) is 0 Å². The van der Waals surface area contributed by atoms with Gasteiger partial charge in [-0.25, -0.2) is 9.59 Å². The van der Waals surface area contributed by atoms with E-state index < -0.39 is 11.7 Å². The smallest absolute Gasteiger partial charge is 0.338 e. The van der Waals surface area contributed by atoms with E-state index in [1.54, 1.807) is 13.8 Å². The fourth-order valence-corrected chi connectivity index (χ4v) is 1.88. The van der Waals surface area contributed by atoms with Crippen molar-refractivity contribution in [1.29, 1.82) is 0 Å². The summed E-state index contributed by atoms with van der Waals surface area (Å²) in [5.41, 5.74) is -0.207. The zero-order chi connectivity index (χ0) is 14.0. The Labute approximate surface area is 108 Å². The summed E-state index contributed by atoms with van der Waals surface area (Å²) in [5.74, 6) is -0.482. The van der Waals surface area contributed by atoms with E-state index in [1.165, 1.54) is 18.2 Å². The highest BCUT2D eigenvalue weighted by Gasteiger charge is 2.11. The van der Waals surface area contributed by atoms with Gasteiger partial charge in [0.05, 0.1) is 23.1 Å². The first-order valence-corrected chi connectivity index (χ1v) is 6.02. The van der Waals surface area contributed by atoms with E-state index >= 15 is 0 Å². The molecule has 0 aliphatic carbocycles. The Morgan fingerprint density at radius 3 is 2.68 bits per heavy atom. The van der Waals surface area contributed by atoms with E-state index in [4.69, 9.17) is 4.74 Å². The number of hydrogen-bond acceptors (Lipinski definition) is 4. The highest BCUT2D eigenvalue weighted by Crippen LogP contribution is 2.10. The van der Waals surface area contributed by atoms with Gasteiger partial charge in [-0.2, -0.15) is 0 Å². The predicted octanol–water partition coefficient (Wildman–Crippen LogP) is 0.886. The topological polar surface area (TPSA) is 81.2 Å². The molecule has 1 heterocycles. The van der Waals surface area contributed by atoms with Crippen molar-refractivity contribution in [3.05, 3.63) is 44.6 Å². The SMILES string of the molecule is CCOC(=O)c1ccc2c(=O)n(CC)c(=O)[nH]c2c1. The molecule has 0 spiro atoms. The van der Waals surface area contributed by atoms with E-state index in [0.29, 0.717) is 23.0 Å². The van der Waals surface area contributed by atoms with Crippen molar-refractivity contribution >= 4 is 16.9 Å². The summed E-state index contributed by atoms with van der Waals surface area (Å²) in [5, 5.41) is 0.370. The van der Waals surface area contributed by atoms with Crippen LogP contribution in [-0.4, -0.2) is 22.1 Å². The average molecular weight is 262 g/mol. The Morgan fingerprint density at radius 1 is 1.32 bits per heavy atom. The van der Waals surface area contributed by atoms with Crippen molar-refractivity contribution in [2.75, 3.05) is 6.61 Å². The number of nitrogens with zero attached hydrogens (tertiary/aromatic N) is 1. The predicted molar refractivity (Wildman–Crippen MR) is 70.5 cm³/mol. The third-order valence-corrected chi connectivity index (χ3v) is 2.81. The molecule has 2 aromatic rings. The monoisotopic (exact) mass is 262 g/mol. The van der Waals surface area contributed by atoms with Crippen LogP contribution in [0.2, 0.25) is 0 Å². The number of benzene rings is 1. The van der Waals surface area contributed by atoms with Crippen LogP contribution in [0.3, 0.4) is 0 Å². The fourth-order valence-electron chi connectivity index (χ4n) is 1.88. The van der Waals surface area contributed by atoms with Crippen LogP contribution in [0.15, 0.2) is 27.8 Å². The maximum Gasteiger partial charge on any atom is 0.338 e. The Hall–Kier alpha value is -2.37. The number of esters is 1. The van der Waals surface area contributed by atoms with Gasteiger partial charge >= 0.3 is 11.7 Å². The fraction of sp³-hybridized carbons (Fsp3) is 0.308. The second kappa shape index (κ2) is 5.09. The van der Waals surface area contributed by atoms with Gasteiger partial charge in [0.1, 0.15) is 0 Å². The molecule has 0 unspecified atom stereocenters. The van der Waals surface area contributed by atoms with Crippen LogP contribution < -0.4 is 11.2 Å². The van der Waals surface area contributed by atoms with Crippen molar-refractivity contribution in [2.45, 2.75) is 20.4 Å². The number of aromatic nitrogens is 2. The lowest BCUT2D eigenvalue weighted by Crippen LogP contribution is -2.34. The Kier molecular flexibility index (Phi) is 3.50. The maximum absolute atomic E-state index is 12.0. The zero-order valence-corrected chi connectivity index (χ0v) is 10.7. The lowest BCUT2D eigenvalue weighted by Gasteiger charge is -2.05. The molecule has 0 aliphatic heterocycles. The molecule has 1 aromatic carbocycles. The number of carbonyl (C=O) groups excluding carboxylic acids is 1. The van der Waals surface area contributed by atoms with Crippen LogP contribution in [0.25, 0.3) is 10.9 Å². The number of nitrogens with one attached hydrogen (secondary N) is 1. The molecular weight excluding hydrogens is 248 g/mol. The van der Waals surface area contributed by atoms with Gasteiger partial charge in [0, 0.05) is 6.54 Å². The molecule has 0 bridgehead atoms. The van der Waals surface area contributed by atoms with E-state index in [-0.39, 0.29) is 12.2 Å². The normalized spacial score (nSPS) is 10.6. The van der Waals surface area contributed by atoms with Crippen LogP contribution in [0.1, 0.15) is 24.2 Å². The lowest BCUT2D eigenvalue weighted by molar-refractivity contribution is 0.0526. The van der Waals surface area contributed by atoms with Crippen molar-refractivity contribution in [1.82, 2.24) is 9.55 Å². The summed E-state index contributed by atoms with van der Waals surface area (Å²) >= 11 is 0. The Balaban J connectivity index is 2.66. The molecule has 1 aromatic heterocycles. The van der Waals surface area contributed by atoms with Gasteiger partial charge in [0.25, 0.3) is 5.56 Å². The van der Waals surface area contributed by atoms with Gasteiger partial charge in [-0.3, -0.25) is 9.36 Å². The molecule has 0 saturated carbocycles. The second-order valence-corrected chi connectivity index (χ2v) is 3.96. The molecule has 6 heteroatoms. The molecule has 100 valence electrons. The van der Waals surface area contributed by atoms with Crippen molar-refractivity contribution in [3.8, 4) is 0 Å². The molecule has 0 aliphatic rings. The molecule has 2 rings (SSSR count). The average Bonchev–Trinajstić information content (AvgIpc) is 2.38. The van der Waals surface area contributed by atoms with Gasteiger partial charge in [-0.1, -0.05) is 0 Å². The van der Waals surface area contributed by atoms with E-state index in [9.17, 15) is 14.4 Å². The van der Waals surface area contributed by atoms with Crippen molar-refractivity contribution in [2.24, 2.45) is 0 Å². The Bertz CT molecular complexity index is 742. The summed E-state index contributed by atoms with van der Waals surface area (Å²) in [6.45, 7) is 3.99. The minimum Gasteiger partial charge on any atom is -0.462 e. The van der Waals surface area contributed by atoms with E-state index in [2.05, 4.69) is 4.98 Å². The molecule has 19 heavy (non-hydrogen) atoms. The molecule has 0 radical (unpaired) electrons. The molecule has 6 nitrogen and oxygen atoms in total. The number of fused-ring (bicyclic) bond motifs is 1. The van der Waals surface area contributed by atoms with Crippen LogP contribution in [-0.2, 0) is 11.3 Å². The van der Waals surface area contributed by atoms with E-state index in [1.807, 2.05) is 0 Å². The zero-order valence-electron chi connectivity index (χ0n) is 10.7. The number of carbonyl (C=O) groups is 1. The lowest BCUT2D eigenvalue weighted by atomic mass is 10.1. The first-order valence-electron chi connectivity index (χ1n) is 6.02. The summed E-state index contributed by atoms with van der Waals surface area (Å²) in [7, 11) is 0. The van der Waals surface area contributed by atoms with Crippen LogP contribution in [0.4, 0.5) is 0 Å². The van der Waals surface area contributed by atoms with Crippen LogP contribution >= 0.6 is 0 Å². The number of rotatable bonds is 3. The summed E-state index contributed by atoms with van der Waals surface area (Å²) in [4.78, 5) is 37.9. The van der Waals surface area contributed by atoms with Crippen LogP contribution in [0.5, 0.6) is 0 Å². The minimum absolute atomic E-state index is 0.269. The molecule has 0 atom stereocenters. The molecular formula is C13H14N2O4. The first kappa shape index (κ1) is 13.1. The summed E-state index contributed by atoms with van der Waals surface area (Å²) in [6, 6.07) is 4.49. The van der Waals surface area contributed by atoms with E-state index in [0.717, 1.165) is 4.57 Å². The summed E-state index contributed by atoms with van der Waals surface area (Å²) in [6.07, 6.45) is 0. The van der Waals surface area contributed by atoms with Crippen molar-refractivity contribution < 1.29 is 9.53 Å². The molecule has 0 fully saturated rings. The summed E-state index contributed by atoms with van der Waals surface area (Å²) < 4.78 is 5.97. The number of ether oxygens (including phenoxy) is 1. The first-order chi connectivity index (χ1) is 9.08. The largest absolute Gasteiger partial charge is 0.462 e. The quantitative estimate of drug-likeness (QED) is 0.833. The standard InChI is InChI=1S/C13H14N2O4/c1-3-15-11(16)9-6-5-8(12(17)19-4-2)7-10(9)14-13(15)18/h5-7H,3-4H2,1-2H3,(H,14,18). The molecule has 1 N–H and O–H groups in total. The molecule has 0 saturated heterocycles. The second-order valence-electron chi connectivity index (χ2n) is 3.96.